The van der Waals surface area contributed by atoms with Crippen molar-refractivity contribution in [2.45, 2.75) is 57.1 Å². The topological polar surface area (TPSA) is 96.0 Å². The van der Waals surface area contributed by atoms with Gasteiger partial charge in [-0.25, -0.2) is 8.42 Å². The summed E-state index contributed by atoms with van der Waals surface area (Å²) in [4.78, 5) is 30.2. The number of rotatable bonds is 12. The molecule has 8 nitrogen and oxygen atoms in total. The molecule has 0 aliphatic rings. The van der Waals surface area contributed by atoms with Gasteiger partial charge in [-0.05, 0) is 80.8 Å². The summed E-state index contributed by atoms with van der Waals surface area (Å²) in [5.41, 5.74) is 2.08. The van der Waals surface area contributed by atoms with Crippen LogP contribution in [0.4, 0.5) is 5.69 Å². The number of sulfonamides is 1. The quantitative estimate of drug-likeness (QED) is 0.181. The Kier molecular flexibility index (Phi) is 11.3. The van der Waals surface area contributed by atoms with Crippen molar-refractivity contribution in [2.24, 2.45) is 0 Å². The van der Waals surface area contributed by atoms with E-state index in [9.17, 15) is 18.0 Å². The Morgan fingerprint density at radius 2 is 1.48 bits per heavy atom. The van der Waals surface area contributed by atoms with E-state index in [4.69, 9.17) is 4.74 Å². The largest absolute Gasteiger partial charge is 0.495 e. The van der Waals surface area contributed by atoms with Crippen molar-refractivity contribution in [1.29, 1.82) is 0 Å². The third-order valence-electron chi connectivity index (χ3n) is 7.25. The second-order valence-electron chi connectivity index (χ2n) is 12.1. The molecule has 0 spiro atoms. The molecule has 4 aromatic carbocycles. The Balaban J connectivity index is 1.85. The fourth-order valence-corrected chi connectivity index (χ4v) is 6.72. The summed E-state index contributed by atoms with van der Waals surface area (Å²) in [6, 6.07) is 29.1. The third-order valence-corrected chi connectivity index (χ3v) is 9.55. The van der Waals surface area contributed by atoms with Gasteiger partial charge in [0.05, 0.1) is 17.7 Å². The minimum Gasteiger partial charge on any atom is -0.495 e. The number of carbonyl (C=O) groups excluding carboxylic acids is 2. The highest BCUT2D eigenvalue weighted by molar-refractivity contribution is 9.10. The van der Waals surface area contributed by atoms with E-state index in [-0.39, 0.29) is 29.5 Å². The maximum absolute atomic E-state index is 14.7. The molecule has 10 heteroatoms. The van der Waals surface area contributed by atoms with Crippen LogP contribution in [-0.2, 0) is 32.6 Å². The van der Waals surface area contributed by atoms with Crippen molar-refractivity contribution in [3.63, 3.8) is 0 Å². The van der Waals surface area contributed by atoms with Crippen molar-refractivity contribution in [3.8, 4) is 5.75 Å². The second kappa shape index (κ2) is 15.0. The maximum atomic E-state index is 14.7. The van der Waals surface area contributed by atoms with Gasteiger partial charge in [-0.15, -0.1) is 0 Å². The first-order valence-corrected chi connectivity index (χ1v) is 17.1. The minimum atomic E-state index is -4.25. The molecule has 4 rings (SSSR count). The van der Waals surface area contributed by atoms with E-state index >= 15 is 0 Å². The van der Waals surface area contributed by atoms with E-state index < -0.39 is 34.1 Å². The molecule has 0 saturated heterocycles. The molecule has 242 valence electrons. The Bertz CT molecular complexity index is 1740. The fourth-order valence-electron chi connectivity index (χ4n) is 5.02. The molecule has 0 aliphatic heterocycles. The number of nitrogens with zero attached hydrogens (tertiary/aromatic N) is 2. The molecule has 1 N–H and O–H groups in total. The number of anilines is 1. The number of amides is 2. The molecule has 0 aliphatic carbocycles. The predicted molar refractivity (Wildman–Crippen MR) is 185 cm³/mol. The van der Waals surface area contributed by atoms with Gasteiger partial charge in [-0.3, -0.25) is 13.9 Å². The van der Waals surface area contributed by atoms with Gasteiger partial charge < -0.3 is 15.0 Å². The van der Waals surface area contributed by atoms with Gasteiger partial charge in [-0.2, -0.15) is 0 Å². The van der Waals surface area contributed by atoms with Gasteiger partial charge in [0.15, 0.2) is 0 Å². The summed E-state index contributed by atoms with van der Waals surface area (Å²) in [6.07, 6.45) is 0.226. The fraction of sp³-hybridized carbons (Fsp3) is 0.278. The zero-order chi connectivity index (χ0) is 33.5. The SMILES string of the molecule is COc1ccc(C)cc1N(CC(=O)N(Cc1ccc(Br)cc1)[C@@H](Cc1ccccc1)C(=O)NC(C)(C)C)S(=O)(=O)c1ccccc1. The molecule has 0 bridgehead atoms. The number of carbonyl (C=O) groups is 2. The second-order valence-corrected chi connectivity index (χ2v) is 14.9. The predicted octanol–water partition coefficient (Wildman–Crippen LogP) is 6.52. The summed E-state index contributed by atoms with van der Waals surface area (Å²) < 4.78 is 36.1. The summed E-state index contributed by atoms with van der Waals surface area (Å²) >= 11 is 3.46. The molecule has 0 unspecified atom stereocenters. The Morgan fingerprint density at radius 1 is 0.870 bits per heavy atom. The van der Waals surface area contributed by atoms with Crippen LogP contribution in [0.15, 0.2) is 112 Å². The number of methoxy groups -OCH3 is 1. The van der Waals surface area contributed by atoms with Crippen LogP contribution in [0, 0.1) is 6.92 Å². The van der Waals surface area contributed by atoms with Gasteiger partial charge in [0.2, 0.25) is 11.8 Å². The molecular weight excluding hydrogens is 666 g/mol. The van der Waals surface area contributed by atoms with Crippen molar-refractivity contribution in [3.05, 3.63) is 124 Å². The highest BCUT2D eigenvalue weighted by Crippen LogP contribution is 2.34. The van der Waals surface area contributed by atoms with E-state index in [1.54, 1.807) is 30.3 Å². The van der Waals surface area contributed by atoms with Crippen molar-refractivity contribution >= 4 is 43.5 Å². The zero-order valence-electron chi connectivity index (χ0n) is 26.7. The third kappa shape index (κ3) is 8.98. The van der Waals surface area contributed by atoms with E-state index in [2.05, 4.69) is 21.2 Å². The highest BCUT2D eigenvalue weighted by atomic mass is 79.9. The van der Waals surface area contributed by atoms with E-state index in [1.165, 1.54) is 24.1 Å². The first kappa shape index (κ1) is 34.7. The van der Waals surface area contributed by atoms with Crippen LogP contribution in [0.25, 0.3) is 0 Å². The van der Waals surface area contributed by atoms with Crippen LogP contribution in [0.2, 0.25) is 0 Å². The molecule has 0 aromatic heterocycles. The van der Waals surface area contributed by atoms with Crippen LogP contribution < -0.4 is 14.4 Å². The Hall–Kier alpha value is -4.15. The van der Waals surface area contributed by atoms with Gasteiger partial charge in [-0.1, -0.05) is 82.7 Å². The molecule has 0 saturated carbocycles. The normalized spacial score (nSPS) is 12.2. The lowest BCUT2D eigenvalue weighted by atomic mass is 10.0. The average Bonchev–Trinajstić information content (AvgIpc) is 3.02. The number of aryl methyl sites for hydroxylation is 1. The van der Waals surface area contributed by atoms with Crippen LogP contribution in [0.3, 0.4) is 0 Å². The first-order valence-electron chi connectivity index (χ1n) is 14.9. The Labute approximate surface area is 280 Å². The van der Waals surface area contributed by atoms with Gasteiger partial charge in [0.25, 0.3) is 10.0 Å². The average molecular weight is 707 g/mol. The van der Waals surface area contributed by atoms with E-state index in [1.807, 2.05) is 88.4 Å². The van der Waals surface area contributed by atoms with Crippen molar-refractivity contribution in [1.82, 2.24) is 10.2 Å². The van der Waals surface area contributed by atoms with Crippen LogP contribution in [-0.4, -0.2) is 50.4 Å². The molecule has 4 aromatic rings. The molecule has 2 amide bonds. The number of nitrogens with one attached hydrogen (secondary N) is 1. The van der Waals surface area contributed by atoms with E-state index in [0.717, 1.165) is 25.5 Å². The number of hydrogen-bond acceptors (Lipinski definition) is 5. The van der Waals surface area contributed by atoms with Gasteiger partial charge in [0.1, 0.15) is 18.3 Å². The smallest absolute Gasteiger partial charge is 0.264 e. The zero-order valence-corrected chi connectivity index (χ0v) is 29.1. The maximum Gasteiger partial charge on any atom is 0.264 e. The summed E-state index contributed by atoms with van der Waals surface area (Å²) in [5, 5.41) is 3.04. The Morgan fingerprint density at radius 3 is 2.07 bits per heavy atom. The summed E-state index contributed by atoms with van der Waals surface area (Å²) in [5.74, 6) is -0.591. The summed E-state index contributed by atoms with van der Waals surface area (Å²) in [6.45, 7) is 6.98. The van der Waals surface area contributed by atoms with Crippen molar-refractivity contribution in [2.75, 3.05) is 18.0 Å². The molecule has 0 fully saturated rings. The van der Waals surface area contributed by atoms with Gasteiger partial charge >= 0.3 is 0 Å². The van der Waals surface area contributed by atoms with Crippen LogP contribution in [0.5, 0.6) is 5.75 Å². The molecule has 1 atom stereocenters. The minimum absolute atomic E-state index is 0.0251. The first-order chi connectivity index (χ1) is 21.8. The van der Waals surface area contributed by atoms with Gasteiger partial charge in [0, 0.05) is 23.0 Å². The molecule has 0 radical (unpaired) electrons. The highest BCUT2D eigenvalue weighted by Gasteiger charge is 2.36. The lowest BCUT2D eigenvalue weighted by Crippen LogP contribution is -2.56. The number of ether oxygens (including phenoxy) is 1. The van der Waals surface area contributed by atoms with Crippen molar-refractivity contribution < 1.29 is 22.7 Å². The molecular formula is C36H40BrN3O5S. The molecule has 46 heavy (non-hydrogen) atoms. The van der Waals surface area contributed by atoms with Crippen LogP contribution in [0.1, 0.15) is 37.5 Å². The molecule has 0 heterocycles. The number of halogens is 1. The van der Waals surface area contributed by atoms with E-state index in [0.29, 0.717) is 5.75 Å². The lowest BCUT2D eigenvalue weighted by Gasteiger charge is -2.35. The number of hydrogen-bond donors (Lipinski definition) is 1. The number of benzene rings is 4. The monoisotopic (exact) mass is 705 g/mol. The van der Waals surface area contributed by atoms with Crippen LogP contribution >= 0.6 is 15.9 Å². The standard InChI is InChI=1S/C36H40BrN3O5S/c1-26-16-21-33(45-5)31(22-26)40(46(43,44)30-14-10-7-11-15-30)25-34(41)39(24-28-17-19-29(37)20-18-28)32(35(42)38-36(2,3)4)23-27-12-8-6-9-13-27/h6-22,32H,23-25H2,1-5H3,(H,38,42)/t32-/m0/s1. The summed E-state index contributed by atoms with van der Waals surface area (Å²) in [7, 11) is -2.79. The lowest BCUT2D eigenvalue weighted by molar-refractivity contribution is -0.140.